The largest absolute Gasteiger partial charge is 0.362 e. The molecule has 1 aliphatic heterocycles. The number of hydrogen-bond donors (Lipinski definition) is 2. The summed E-state index contributed by atoms with van der Waals surface area (Å²) < 4.78 is 1.93. The highest BCUT2D eigenvalue weighted by Gasteiger charge is 2.23. The highest BCUT2D eigenvalue weighted by Crippen LogP contribution is 2.29. The van der Waals surface area contributed by atoms with Crippen LogP contribution in [0.1, 0.15) is 38.4 Å². The van der Waals surface area contributed by atoms with Crippen molar-refractivity contribution in [3.8, 4) is 0 Å². The van der Waals surface area contributed by atoms with E-state index in [-0.39, 0.29) is 24.5 Å². The number of rotatable bonds is 5. The zero-order valence-electron chi connectivity index (χ0n) is 18.4. The van der Waals surface area contributed by atoms with Gasteiger partial charge in [0.1, 0.15) is 11.0 Å². The summed E-state index contributed by atoms with van der Waals surface area (Å²) in [6, 6.07) is 10.3. The summed E-state index contributed by atoms with van der Waals surface area (Å²) >= 11 is 0. The number of hydrogen-bond acceptors (Lipinski definition) is 7. The van der Waals surface area contributed by atoms with Gasteiger partial charge in [0.25, 0.3) is 0 Å². The normalized spacial score (nSPS) is 15.4. The van der Waals surface area contributed by atoms with Crippen molar-refractivity contribution in [2.75, 3.05) is 29.9 Å². The van der Waals surface area contributed by atoms with E-state index < -0.39 is 0 Å². The van der Waals surface area contributed by atoms with Gasteiger partial charge in [-0.3, -0.25) is 14.5 Å². The molecule has 1 atom stereocenters. The Labute approximate surface area is 185 Å². The Morgan fingerprint density at radius 3 is 2.75 bits per heavy atom. The number of pyridine rings is 1. The number of benzene rings is 1. The Morgan fingerprint density at radius 1 is 1.09 bits per heavy atom. The Kier molecular flexibility index (Phi) is 5.08. The third-order valence-electron chi connectivity index (χ3n) is 5.71. The van der Waals surface area contributed by atoms with Crippen LogP contribution in [0, 0.1) is 0 Å². The molecule has 1 fully saturated rings. The fraction of sp³-hybridized carbons (Fsp3) is 0.348. The minimum atomic E-state index is -0.0433. The Balaban J connectivity index is 1.55. The number of anilines is 2. The summed E-state index contributed by atoms with van der Waals surface area (Å²) in [6.07, 6.45) is 3.66. The van der Waals surface area contributed by atoms with E-state index in [0.29, 0.717) is 24.9 Å². The second-order valence-electron chi connectivity index (χ2n) is 8.39. The molecule has 1 aliphatic rings. The van der Waals surface area contributed by atoms with E-state index in [0.717, 1.165) is 27.5 Å². The third-order valence-corrected chi connectivity index (χ3v) is 5.71. The lowest BCUT2D eigenvalue weighted by Crippen LogP contribution is -2.48. The molecule has 32 heavy (non-hydrogen) atoms. The maximum atomic E-state index is 11.9. The molecule has 3 aromatic heterocycles. The second kappa shape index (κ2) is 8.07. The molecule has 0 aliphatic carbocycles. The van der Waals surface area contributed by atoms with Crippen molar-refractivity contribution < 1.29 is 4.79 Å². The predicted octanol–water partition coefficient (Wildman–Crippen LogP) is 3.06. The zero-order chi connectivity index (χ0) is 22.2. The van der Waals surface area contributed by atoms with Crippen LogP contribution in [-0.2, 0) is 4.79 Å². The van der Waals surface area contributed by atoms with Gasteiger partial charge < -0.3 is 15.5 Å². The Hall–Kier alpha value is -3.75. The highest BCUT2D eigenvalue weighted by molar-refractivity contribution is 5.88. The first-order valence-corrected chi connectivity index (χ1v) is 10.9. The van der Waals surface area contributed by atoms with Crippen molar-refractivity contribution in [2.24, 2.45) is 0 Å². The van der Waals surface area contributed by atoms with Crippen LogP contribution in [0.15, 0.2) is 42.7 Å². The first kappa shape index (κ1) is 20.2. The number of carbonyl (C=O) groups excluding carboxylic acids is 1. The van der Waals surface area contributed by atoms with Crippen molar-refractivity contribution in [2.45, 2.75) is 32.9 Å². The summed E-state index contributed by atoms with van der Waals surface area (Å²) in [5, 5.41) is 12.0. The van der Waals surface area contributed by atoms with Crippen LogP contribution in [0.5, 0.6) is 0 Å². The molecule has 0 unspecified atom stereocenters. The van der Waals surface area contributed by atoms with Crippen molar-refractivity contribution in [3.05, 3.63) is 48.3 Å². The molecule has 0 radical (unpaired) electrons. The number of carbonyl (C=O) groups is 1. The molecule has 1 amide bonds. The molecule has 1 saturated heterocycles. The molecule has 0 bridgehead atoms. The van der Waals surface area contributed by atoms with Gasteiger partial charge in [-0.25, -0.2) is 4.98 Å². The first-order chi connectivity index (χ1) is 15.5. The lowest BCUT2D eigenvalue weighted by atomic mass is 10.1. The van der Waals surface area contributed by atoms with Crippen LogP contribution < -0.4 is 15.5 Å². The fourth-order valence-corrected chi connectivity index (χ4v) is 4.01. The van der Waals surface area contributed by atoms with Gasteiger partial charge in [-0.1, -0.05) is 18.2 Å². The van der Waals surface area contributed by atoms with Crippen LogP contribution >= 0.6 is 0 Å². The number of nitrogens with zero attached hydrogens (tertiary/aromatic N) is 6. The van der Waals surface area contributed by atoms with E-state index in [1.165, 1.54) is 0 Å². The topological polar surface area (TPSA) is 101 Å². The van der Waals surface area contributed by atoms with E-state index in [1.54, 1.807) is 6.20 Å². The molecule has 4 heterocycles. The standard InChI is InChI=1S/C23H26N8O/c1-14(2)31-21-19(12-26-31)28-23(30-9-8-24-20(32)13-30)29-22(21)27-15(3)17-10-16-6-4-5-7-18(16)25-11-17/h4-7,10-12,14-15H,8-9,13H2,1-3H3,(H,24,32)(H,27,28,29)/t15-/m1/s1. The maximum Gasteiger partial charge on any atom is 0.239 e. The van der Waals surface area contributed by atoms with Crippen LogP contribution in [0.25, 0.3) is 21.9 Å². The molecular weight excluding hydrogens is 404 g/mol. The van der Waals surface area contributed by atoms with Gasteiger partial charge in [0.2, 0.25) is 11.9 Å². The van der Waals surface area contributed by atoms with E-state index in [1.807, 2.05) is 34.0 Å². The quantitative estimate of drug-likeness (QED) is 0.502. The van der Waals surface area contributed by atoms with Crippen molar-refractivity contribution in [1.82, 2.24) is 30.0 Å². The van der Waals surface area contributed by atoms with Gasteiger partial charge in [-0.2, -0.15) is 10.1 Å². The molecule has 9 heteroatoms. The molecule has 0 saturated carbocycles. The Morgan fingerprint density at radius 2 is 1.94 bits per heavy atom. The van der Waals surface area contributed by atoms with E-state index in [2.05, 4.69) is 53.6 Å². The summed E-state index contributed by atoms with van der Waals surface area (Å²) in [4.78, 5) is 28.0. The smallest absolute Gasteiger partial charge is 0.239 e. The fourth-order valence-electron chi connectivity index (χ4n) is 4.01. The van der Waals surface area contributed by atoms with E-state index in [4.69, 9.17) is 9.97 Å². The average Bonchev–Trinajstić information content (AvgIpc) is 3.23. The van der Waals surface area contributed by atoms with Crippen molar-refractivity contribution in [3.63, 3.8) is 0 Å². The second-order valence-corrected chi connectivity index (χ2v) is 8.39. The molecule has 164 valence electrons. The lowest BCUT2D eigenvalue weighted by molar-refractivity contribution is -0.120. The number of fused-ring (bicyclic) bond motifs is 2. The van der Waals surface area contributed by atoms with Gasteiger partial charge in [0.05, 0.1) is 24.3 Å². The molecule has 0 spiro atoms. The third kappa shape index (κ3) is 3.70. The number of nitrogens with one attached hydrogen (secondary N) is 2. The summed E-state index contributed by atoms with van der Waals surface area (Å²) in [5.41, 5.74) is 3.63. The van der Waals surface area contributed by atoms with Crippen LogP contribution in [-0.4, -0.2) is 50.3 Å². The number of amides is 1. The van der Waals surface area contributed by atoms with Gasteiger partial charge in [-0.15, -0.1) is 0 Å². The summed E-state index contributed by atoms with van der Waals surface area (Å²) in [5.74, 6) is 1.20. The minimum absolute atomic E-state index is 0.0251. The molecule has 9 nitrogen and oxygen atoms in total. The molecule has 5 rings (SSSR count). The van der Waals surface area contributed by atoms with E-state index >= 15 is 0 Å². The van der Waals surface area contributed by atoms with Crippen LogP contribution in [0.4, 0.5) is 11.8 Å². The minimum Gasteiger partial charge on any atom is -0.362 e. The van der Waals surface area contributed by atoms with Crippen LogP contribution in [0.2, 0.25) is 0 Å². The molecular formula is C23H26N8O. The SMILES string of the molecule is CC(C)n1ncc2nc(N3CCNC(=O)C3)nc(N[C@H](C)c3cnc4ccccc4c3)c21. The zero-order valence-corrected chi connectivity index (χ0v) is 18.4. The van der Waals surface area contributed by atoms with Crippen LogP contribution in [0.3, 0.4) is 0 Å². The highest BCUT2D eigenvalue weighted by atomic mass is 16.2. The number of aromatic nitrogens is 5. The molecule has 4 aromatic rings. The van der Waals surface area contributed by atoms with E-state index in [9.17, 15) is 4.79 Å². The summed E-state index contributed by atoms with van der Waals surface area (Å²) in [7, 11) is 0. The Bertz CT molecular complexity index is 1300. The average molecular weight is 431 g/mol. The predicted molar refractivity (Wildman–Crippen MR) is 125 cm³/mol. The van der Waals surface area contributed by atoms with Gasteiger partial charge in [0, 0.05) is 30.7 Å². The maximum absolute atomic E-state index is 11.9. The summed E-state index contributed by atoms with van der Waals surface area (Å²) in [6.45, 7) is 7.73. The first-order valence-electron chi connectivity index (χ1n) is 10.9. The van der Waals surface area contributed by atoms with Crippen molar-refractivity contribution >= 4 is 39.6 Å². The van der Waals surface area contributed by atoms with Gasteiger partial charge in [-0.05, 0) is 38.5 Å². The molecule has 2 N–H and O–H groups in total. The number of piperazine rings is 1. The van der Waals surface area contributed by atoms with Gasteiger partial charge in [0.15, 0.2) is 5.82 Å². The molecule has 1 aromatic carbocycles. The lowest BCUT2D eigenvalue weighted by Gasteiger charge is -2.27. The van der Waals surface area contributed by atoms with Gasteiger partial charge >= 0.3 is 0 Å². The van der Waals surface area contributed by atoms with Crippen molar-refractivity contribution in [1.29, 1.82) is 0 Å². The number of para-hydroxylation sites is 1. The monoisotopic (exact) mass is 430 g/mol.